The number of primary amides is 2. The quantitative estimate of drug-likeness (QED) is 0.609. The highest BCUT2D eigenvalue weighted by molar-refractivity contribution is 6.09. The van der Waals surface area contributed by atoms with Crippen LogP contribution in [0.5, 0.6) is 0 Å². The standard InChI is InChI=1S/C21H22N4O3/c1-2-25-17-6-4-3-5-15(17)16-11-14(7-9-18(16)25)8-10-21(28)24(12-19(22)26)13-20(23)27/h3-11H,2,12-13H2,1H3,(H2,22,26)(H2,23,27)/b10-8+. The summed E-state index contributed by atoms with van der Waals surface area (Å²) in [7, 11) is 0. The molecule has 7 nitrogen and oxygen atoms in total. The van der Waals surface area contributed by atoms with E-state index in [1.807, 2.05) is 30.3 Å². The van der Waals surface area contributed by atoms with Crippen LogP contribution in [0.15, 0.2) is 48.5 Å². The third-order valence-electron chi connectivity index (χ3n) is 4.54. The molecule has 0 aliphatic heterocycles. The molecule has 2 aromatic carbocycles. The lowest BCUT2D eigenvalue weighted by Crippen LogP contribution is -2.42. The Kier molecular flexibility index (Phi) is 5.44. The Balaban J connectivity index is 1.93. The number of amides is 3. The number of fused-ring (bicyclic) bond motifs is 3. The van der Waals surface area contributed by atoms with Crippen LogP contribution >= 0.6 is 0 Å². The lowest BCUT2D eigenvalue weighted by molar-refractivity contribution is -0.134. The SMILES string of the molecule is CCn1c2ccccc2c2cc(/C=C/C(=O)N(CC(N)=O)CC(N)=O)ccc21. The van der Waals surface area contributed by atoms with Gasteiger partial charge in [-0.15, -0.1) is 0 Å². The second-order valence-corrected chi connectivity index (χ2v) is 6.50. The Morgan fingerprint density at radius 1 is 0.964 bits per heavy atom. The van der Waals surface area contributed by atoms with Crippen molar-refractivity contribution < 1.29 is 14.4 Å². The van der Waals surface area contributed by atoms with Crippen LogP contribution in [0.2, 0.25) is 0 Å². The van der Waals surface area contributed by atoms with Crippen LogP contribution in [-0.2, 0) is 20.9 Å². The molecule has 3 rings (SSSR count). The first kappa shape index (κ1) is 19.2. The van der Waals surface area contributed by atoms with Crippen molar-refractivity contribution in [3.8, 4) is 0 Å². The average Bonchev–Trinajstić information content (AvgIpc) is 2.98. The van der Waals surface area contributed by atoms with Gasteiger partial charge in [-0.2, -0.15) is 0 Å². The smallest absolute Gasteiger partial charge is 0.247 e. The lowest BCUT2D eigenvalue weighted by atomic mass is 10.1. The molecular formula is C21H22N4O3. The molecule has 1 aromatic heterocycles. The fourth-order valence-electron chi connectivity index (χ4n) is 3.38. The molecule has 0 saturated carbocycles. The average molecular weight is 378 g/mol. The van der Waals surface area contributed by atoms with E-state index in [-0.39, 0.29) is 13.1 Å². The summed E-state index contributed by atoms with van der Waals surface area (Å²) < 4.78 is 2.24. The first-order valence-electron chi connectivity index (χ1n) is 8.95. The topological polar surface area (TPSA) is 111 Å². The lowest BCUT2D eigenvalue weighted by Gasteiger charge is -2.17. The van der Waals surface area contributed by atoms with Gasteiger partial charge >= 0.3 is 0 Å². The molecule has 0 spiro atoms. The number of benzene rings is 2. The minimum Gasteiger partial charge on any atom is -0.368 e. The maximum Gasteiger partial charge on any atom is 0.247 e. The maximum atomic E-state index is 12.3. The first-order chi connectivity index (χ1) is 13.4. The predicted octanol–water partition coefficient (Wildman–Crippen LogP) is 1.63. The van der Waals surface area contributed by atoms with Crippen LogP contribution in [0.1, 0.15) is 12.5 Å². The highest BCUT2D eigenvalue weighted by Crippen LogP contribution is 2.29. The summed E-state index contributed by atoms with van der Waals surface area (Å²) >= 11 is 0. The van der Waals surface area contributed by atoms with Gasteiger partial charge in [0.1, 0.15) is 13.1 Å². The number of nitrogens with two attached hydrogens (primary N) is 2. The van der Waals surface area contributed by atoms with Gasteiger partial charge in [-0.25, -0.2) is 0 Å². The Labute approximate surface area is 162 Å². The predicted molar refractivity (Wildman–Crippen MR) is 109 cm³/mol. The molecule has 0 fully saturated rings. The zero-order valence-electron chi connectivity index (χ0n) is 15.6. The van der Waals surface area contributed by atoms with E-state index in [1.165, 1.54) is 6.08 Å². The highest BCUT2D eigenvalue weighted by atomic mass is 16.2. The van der Waals surface area contributed by atoms with Crippen molar-refractivity contribution in [1.82, 2.24) is 9.47 Å². The van der Waals surface area contributed by atoms with Gasteiger partial charge in [0, 0.05) is 34.4 Å². The number of carbonyl (C=O) groups excluding carboxylic acids is 3. The highest BCUT2D eigenvalue weighted by Gasteiger charge is 2.15. The Morgan fingerprint density at radius 2 is 1.61 bits per heavy atom. The van der Waals surface area contributed by atoms with Gasteiger partial charge in [-0.05, 0) is 36.8 Å². The van der Waals surface area contributed by atoms with Crippen LogP contribution in [0.4, 0.5) is 0 Å². The minimum absolute atomic E-state index is 0.366. The van der Waals surface area contributed by atoms with Gasteiger partial charge in [0.05, 0.1) is 0 Å². The molecular weight excluding hydrogens is 356 g/mol. The van der Waals surface area contributed by atoms with Gasteiger partial charge < -0.3 is 20.9 Å². The second kappa shape index (κ2) is 7.96. The molecule has 3 amide bonds. The molecule has 0 saturated heterocycles. The molecule has 7 heteroatoms. The van der Waals surface area contributed by atoms with Crippen molar-refractivity contribution in [2.24, 2.45) is 11.5 Å². The van der Waals surface area contributed by atoms with E-state index >= 15 is 0 Å². The number of para-hydroxylation sites is 1. The van der Waals surface area contributed by atoms with Crippen LogP contribution in [0.25, 0.3) is 27.9 Å². The summed E-state index contributed by atoms with van der Waals surface area (Å²) in [4.78, 5) is 35.6. The zero-order valence-corrected chi connectivity index (χ0v) is 15.6. The van der Waals surface area contributed by atoms with Crippen molar-refractivity contribution in [3.05, 3.63) is 54.1 Å². The van der Waals surface area contributed by atoms with Crippen molar-refractivity contribution in [2.75, 3.05) is 13.1 Å². The molecule has 0 bridgehead atoms. The normalized spacial score (nSPS) is 11.3. The minimum atomic E-state index is -0.711. The van der Waals surface area contributed by atoms with Crippen LogP contribution in [0, 0.1) is 0 Å². The van der Waals surface area contributed by atoms with E-state index in [2.05, 4.69) is 23.6 Å². The number of carbonyl (C=O) groups is 3. The summed E-state index contributed by atoms with van der Waals surface area (Å²) in [5, 5.41) is 2.24. The Bertz CT molecular complexity index is 1080. The number of hydrogen-bond acceptors (Lipinski definition) is 3. The van der Waals surface area contributed by atoms with E-state index in [9.17, 15) is 14.4 Å². The zero-order chi connectivity index (χ0) is 20.3. The van der Waals surface area contributed by atoms with Crippen molar-refractivity contribution in [3.63, 3.8) is 0 Å². The molecule has 0 unspecified atom stereocenters. The molecule has 0 atom stereocenters. The van der Waals surface area contributed by atoms with Crippen molar-refractivity contribution >= 4 is 45.6 Å². The number of hydrogen-bond donors (Lipinski definition) is 2. The van der Waals surface area contributed by atoms with E-state index in [0.717, 1.165) is 38.8 Å². The van der Waals surface area contributed by atoms with Gasteiger partial charge in [0.15, 0.2) is 0 Å². The van der Waals surface area contributed by atoms with Crippen molar-refractivity contribution in [2.45, 2.75) is 13.5 Å². The van der Waals surface area contributed by atoms with E-state index in [4.69, 9.17) is 11.5 Å². The van der Waals surface area contributed by atoms with Gasteiger partial charge in [-0.3, -0.25) is 14.4 Å². The summed E-state index contributed by atoms with van der Waals surface area (Å²) in [6, 6.07) is 14.1. The molecule has 0 aliphatic rings. The Hall–Kier alpha value is -3.61. The van der Waals surface area contributed by atoms with Gasteiger partial charge in [-0.1, -0.05) is 24.3 Å². The molecule has 144 valence electrons. The largest absolute Gasteiger partial charge is 0.368 e. The molecule has 4 N–H and O–H groups in total. The molecule has 0 aliphatic carbocycles. The second-order valence-electron chi connectivity index (χ2n) is 6.50. The van der Waals surface area contributed by atoms with Crippen LogP contribution < -0.4 is 11.5 Å². The third-order valence-corrected chi connectivity index (χ3v) is 4.54. The monoisotopic (exact) mass is 378 g/mol. The summed E-state index contributed by atoms with van der Waals surface area (Å²) in [5.74, 6) is -1.93. The molecule has 0 radical (unpaired) electrons. The van der Waals surface area contributed by atoms with E-state index in [1.54, 1.807) is 6.08 Å². The fourth-order valence-corrected chi connectivity index (χ4v) is 3.38. The molecule has 3 aromatic rings. The summed E-state index contributed by atoms with van der Waals surface area (Å²) in [6.07, 6.45) is 2.96. The number of aryl methyl sites for hydroxylation is 1. The van der Waals surface area contributed by atoms with Crippen molar-refractivity contribution in [1.29, 1.82) is 0 Å². The Morgan fingerprint density at radius 3 is 2.25 bits per heavy atom. The third kappa shape index (κ3) is 3.88. The number of rotatable bonds is 7. The summed E-state index contributed by atoms with van der Waals surface area (Å²) in [6.45, 7) is 2.22. The summed E-state index contributed by atoms with van der Waals surface area (Å²) in [5.41, 5.74) is 13.4. The van der Waals surface area contributed by atoms with E-state index in [0.29, 0.717) is 0 Å². The van der Waals surface area contributed by atoms with Gasteiger partial charge in [0.25, 0.3) is 0 Å². The number of nitrogens with zero attached hydrogens (tertiary/aromatic N) is 2. The first-order valence-corrected chi connectivity index (χ1v) is 8.95. The van der Waals surface area contributed by atoms with Crippen LogP contribution in [-0.4, -0.2) is 40.3 Å². The fraction of sp³-hybridized carbons (Fsp3) is 0.190. The number of aromatic nitrogens is 1. The molecule has 1 heterocycles. The van der Waals surface area contributed by atoms with Crippen LogP contribution in [0.3, 0.4) is 0 Å². The van der Waals surface area contributed by atoms with E-state index < -0.39 is 17.7 Å². The maximum absolute atomic E-state index is 12.3. The van der Waals surface area contributed by atoms with Gasteiger partial charge in [0.2, 0.25) is 17.7 Å². The molecule has 28 heavy (non-hydrogen) atoms.